The summed E-state index contributed by atoms with van der Waals surface area (Å²) >= 11 is 6.43. The van der Waals surface area contributed by atoms with Crippen LogP contribution in [0.4, 0.5) is 33.9 Å². The number of nitrogens with zero attached hydrogens (tertiary/aromatic N) is 4. The zero-order valence-corrected chi connectivity index (χ0v) is 28.7. The topological polar surface area (TPSA) is 139 Å². The third-order valence-corrected chi connectivity index (χ3v) is 8.21. The summed E-state index contributed by atoms with van der Waals surface area (Å²) in [5.74, 6) is -4.36. The highest BCUT2D eigenvalue weighted by Crippen LogP contribution is 2.32. The molecule has 12 nitrogen and oxygen atoms in total. The summed E-state index contributed by atoms with van der Waals surface area (Å²) in [7, 11) is 0. The first-order chi connectivity index (χ1) is 24.2. The highest BCUT2D eigenvalue weighted by molar-refractivity contribution is 6.34. The van der Waals surface area contributed by atoms with Gasteiger partial charge < -0.3 is 30.3 Å². The van der Waals surface area contributed by atoms with Crippen LogP contribution in [0.15, 0.2) is 48.9 Å². The number of imidazole rings is 1. The van der Waals surface area contributed by atoms with E-state index in [0.717, 1.165) is 12.1 Å². The second kappa shape index (κ2) is 15.8. The number of aromatic nitrogens is 3. The summed E-state index contributed by atoms with van der Waals surface area (Å²) in [6, 6.07) is 6.63. The minimum Gasteiger partial charge on any atom is -0.444 e. The lowest BCUT2D eigenvalue weighted by Gasteiger charge is -2.32. The molecule has 0 unspecified atom stereocenters. The van der Waals surface area contributed by atoms with Gasteiger partial charge >= 0.3 is 12.7 Å². The van der Waals surface area contributed by atoms with Crippen LogP contribution in [0, 0.1) is 17.6 Å². The fraction of sp³-hybridized carbons (Fsp3) is 0.382. The van der Waals surface area contributed by atoms with Gasteiger partial charge in [-0.3, -0.25) is 14.0 Å². The highest BCUT2D eigenvalue weighted by Gasteiger charge is 2.30. The Kier molecular flexibility index (Phi) is 11.5. The van der Waals surface area contributed by atoms with Crippen molar-refractivity contribution in [3.63, 3.8) is 0 Å². The van der Waals surface area contributed by atoms with Crippen molar-refractivity contribution in [2.24, 2.45) is 5.92 Å². The predicted octanol–water partition coefficient (Wildman–Crippen LogP) is 6.56. The highest BCUT2D eigenvalue weighted by atomic mass is 35.5. The van der Waals surface area contributed by atoms with E-state index in [-0.39, 0.29) is 57.8 Å². The van der Waals surface area contributed by atoms with Crippen molar-refractivity contribution in [3.05, 3.63) is 71.1 Å². The average Bonchev–Trinajstić information content (AvgIpc) is 3.51. The standard InChI is InChI=1S/C34H36ClF4N7O5/c1-34(2,3)51-33(49)45-14-9-19(10-15-45)30(47)41-11-4-12-42-31(48)21-6-5-20(17-23(21)35)44-28-29-43-18-24(46(29)16-13-40-28)22-7-8-25(50-32(38)39)27(37)26(22)36/h5-8,13,16-19,32H,4,9-12,14-15H2,1-3H3,(H,40,44)(H,41,47)(H,42,48). The molecular formula is C34H36ClF4N7O5. The number of hydrogen-bond donors (Lipinski definition) is 3. The summed E-state index contributed by atoms with van der Waals surface area (Å²) in [4.78, 5) is 47.8. The maximum atomic E-state index is 14.8. The van der Waals surface area contributed by atoms with Crippen LogP contribution < -0.4 is 20.7 Å². The number of piperidine rings is 1. The third-order valence-electron chi connectivity index (χ3n) is 7.90. The molecular weight excluding hydrogens is 698 g/mol. The number of amides is 3. The SMILES string of the molecule is CC(C)(C)OC(=O)N1CCC(C(=O)NCCCNC(=O)c2ccc(Nc3nccn4c(-c5ccc(OC(F)F)c(F)c5F)cnc34)cc2Cl)CC1. The first-order valence-corrected chi connectivity index (χ1v) is 16.4. The Bertz CT molecular complexity index is 1910. The Morgan fingerprint density at radius 3 is 2.43 bits per heavy atom. The Hall–Kier alpha value is -5.12. The van der Waals surface area contributed by atoms with Gasteiger partial charge in [-0.1, -0.05) is 11.6 Å². The lowest BCUT2D eigenvalue weighted by molar-refractivity contribution is -0.126. The molecule has 1 aliphatic heterocycles. The molecule has 2 aromatic heterocycles. The number of alkyl halides is 2. The molecule has 3 heterocycles. The Balaban J connectivity index is 1.11. The smallest absolute Gasteiger partial charge is 0.410 e. The fourth-order valence-electron chi connectivity index (χ4n) is 5.43. The lowest BCUT2D eigenvalue weighted by atomic mass is 9.96. The molecule has 1 fully saturated rings. The quantitative estimate of drug-likeness (QED) is 0.117. The average molecular weight is 734 g/mol. The van der Waals surface area contributed by atoms with Gasteiger partial charge in [0.25, 0.3) is 5.91 Å². The van der Waals surface area contributed by atoms with E-state index >= 15 is 0 Å². The van der Waals surface area contributed by atoms with Gasteiger partial charge in [-0.15, -0.1) is 0 Å². The van der Waals surface area contributed by atoms with Gasteiger partial charge in [0.2, 0.25) is 11.7 Å². The first kappa shape index (κ1) is 37.1. The third kappa shape index (κ3) is 9.17. The maximum absolute atomic E-state index is 14.8. The molecule has 2 aromatic carbocycles. The minimum atomic E-state index is -3.32. The van der Waals surface area contributed by atoms with E-state index in [1.807, 2.05) is 0 Å². The van der Waals surface area contributed by atoms with Crippen molar-refractivity contribution >= 4 is 46.7 Å². The number of benzene rings is 2. The predicted molar refractivity (Wildman–Crippen MR) is 180 cm³/mol. The van der Waals surface area contributed by atoms with Crippen molar-refractivity contribution in [1.82, 2.24) is 29.9 Å². The fourth-order valence-corrected chi connectivity index (χ4v) is 5.70. The van der Waals surface area contributed by atoms with Gasteiger partial charge in [-0.2, -0.15) is 13.2 Å². The molecule has 0 saturated carbocycles. The van der Waals surface area contributed by atoms with Crippen molar-refractivity contribution in [3.8, 4) is 17.0 Å². The molecule has 3 N–H and O–H groups in total. The molecule has 0 atom stereocenters. The van der Waals surface area contributed by atoms with Crippen LogP contribution in [0.2, 0.25) is 5.02 Å². The van der Waals surface area contributed by atoms with Crippen LogP contribution in [-0.2, 0) is 9.53 Å². The van der Waals surface area contributed by atoms with Gasteiger partial charge in [-0.05, 0) is 70.4 Å². The summed E-state index contributed by atoms with van der Waals surface area (Å²) in [6.07, 6.45) is 5.32. The molecule has 0 aliphatic carbocycles. The number of likely N-dealkylation sites (tertiary alicyclic amines) is 1. The molecule has 1 aliphatic rings. The minimum absolute atomic E-state index is 0.0922. The molecule has 0 spiro atoms. The van der Waals surface area contributed by atoms with Crippen molar-refractivity contribution in [2.45, 2.75) is 52.2 Å². The van der Waals surface area contributed by atoms with E-state index in [0.29, 0.717) is 44.6 Å². The largest absolute Gasteiger partial charge is 0.444 e. The number of anilines is 2. The number of fused-ring (bicyclic) bond motifs is 1. The van der Waals surface area contributed by atoms with E-state index in [9.17, 15) is 31.9 Å². The normalized spacial score (nSPS) is 13.7. The maximum Gasteiger partial charge on any atom is 0.410 e. The molecule has 51 heavy (non-hydrogen) atoms. The Labute approximate surface area is 295 Å². The van der Waals surface area contributed by atoms with Crippen LogP contribution in [0.5, 0.6) is 5.75 Å². The van der Waals surface area contributed by atoms with E-state index in [1.165, 1.54) is 35.1 Å². The summed E-state index contributed by atoms with van der Waals surface area (Å²) in [5, 5.41) is 8.86. The summed E-state index contributed by atoms with van der Waals surface area (Å²) in [6.45, 7) is 3.62. The van der Waals surface area contributed by atoms with Crippen LogP contribution in [0.3, 0.4) is 0 Å². The van der Waals surface area contributed by atoms with Gasteiger partial charge in [0.05, 0.1) is 22.5 Å². The van der Waals surface area contributed by atoms with Gasteiger partial charge in [-0.25, -0.2) is 19.2 Å². The Morgan fingerprint density at radius 2 is 1.75 bits per heavy atom. The van der Waals surface area contributed by atoms with Crippen molar-refractivity contribution in [2.75, 3.05) is 31.5 Å². The molecule has 1 saturated heterocycles. The number of hydrogen-bond acceptors (Lipinski definition) is 8. The van der Waals surface area contributed by atoms with Crippen LogP contribution in [0.25, 0.3) is 16.9 Å². The number of halogens is 5. The molecule has 5 rings (SSSR count). The van der Waals surface area contributed by atoms with Crippen LogP contribution in [0.1, 0.15) is 50.4 Å². The van der Waals surface area contributed by atoms with Gasteiger partial charge in [0, 0.05) is 55.7 Å². The molecule has 272 valence electrons. The zero-order valence-electron chi connectivity index (χ0n) is 27.9. The van der Waals surface area contributed by atoms with E-state index in [4.69, 9.17) is 16.3 Å². The molecule has 3 amide bonds. The number of rotatable bonds is 11. The zero-order chi connectivity index (χ0) is 36.9. The molecule has 0 radical (unpaired) electrons. The lowest BCUT2D eigenvalue weighted by Crippen LogP contribution is -2.45. The number of carbonyl (C=O) groups excluding carboxylic acids is 3. The van der Waals surface area contributed by atoms with E-state index < -0.39 is 35.5 Å². The van der Waals surface area contributed by atoms with Crippen molar-refractivity contribution in [1.29, 1.82) is 0 Å². The number of nitrogens with one attached hydrogen (secondary N) is 3. The van der Waals surface area contributed by atoms with Crippen LogP contribution in [-0.4, -0.2) is 75.6 Å². The molecule has 0 bridgehead atoms. The molecule has 17 heteroatoms. The second-order valence-electron chi connectivity index (χ2n) is 12.7. The van der Waals surface area contributed by atoms with Gasteiger partial charge in [0.1, 0.15) is 5.60 Å². The number of carbonyl (C=O) groups is 3. The monoisotopic (exact) mass is 733 g/mol. The number of ether oxygens (including phenoxy) is 2. The van der Waals surface area contributed by atoms with Crippen molar-refractivity contribution < 1.29 is 41.4 Å². The van der Waals surface area contributed by atoms with Crippen LogP contribution >= 0.6 is 11.6 Å². The second-order valence-corrected chi connectivity index (χ2v) is 13.1. The molecule has 4 aromatic rings. The Morgan fingerprint density at radius 1 is 1.02 bits per heavy atom. The summed E-state index contributed by atoms with van der Waals surface area (Å²) in [5.41, 5.74) is 0.205. The van der Waals surface area contributed by atoms with E-state index in [2.05, 4.69) is 30.7 Å². The first-order valence-electron chi connectivity index (χ1n) is 16.1. The van der Waals surface area contributed by atoms with E-state index in [1.54, 1.807) is 31.7 Å². The van der Waals surface area contributed by atoms with Gasteiger partial charge in [0.15, 0.2) is 23.0 Å². The summed E-state index contributed by atoms with van der Waals surface area (Å²) < 4.78 is 65.2.